The molecule has 0 aromatic heterocycles. The van der Waals surface area contributed by atoms with E-state index in [1.807, 2.05) is 0 Å². The van der Waals surface area contributed by atoms with Crippen molar-refractivity contribution in [3.05, 3.63) is 97.2 Å². The van der Waals surface area contributed by atoms with Crippen LogP contribution in [0.3, 0.4) is 0 Å². The van der Waals surface area contributed by atoms with Crippen molar-refractivity contribution in [2.45, 2.75) is 284 Å². The van der Waals surface area contributed by atoms with Crippen molar-refractivity contribution < 1.29 is 28.6 Å². The number of ether oxygens (including phenoxy) is 3. The highest BCUT2D eigenvalue weighted by Gasteiger charge is 2.19. The summed E-state index contributed by atoms with van der Waals surface area (Å²) >= 11 is 0. The molecular weight excluding hydrogens is 877 g/mol. The molecule has 0 aromatic rings. The van der Waals surface area contributed by atoms with E-state index >= 15 is 0 Å². The lowest BCUT2D eigenvalue weighted by molar-refractivity contribution is -0.167. The number of carbonyl (C=O) groups excluding carboxylic acids is 3. The predicted molar refractivity (Wildman–Crippen MR) is 307 cm³/mol. The van der Waals surface area contributed by atoms with Crippen LogP contribution in [0.4, 0.5) is 0 Å². The zero-order chi connectivity index (χ0) is 51.4. The van der Waals surface area contributed by atoms with Gasteiger partial charge in [-0.25, -0.2) is 0 Å². The van der Waals surface area contributed by atoms with E-state index in [1.165, 1.54) is 148 Å². The molecule has 0 bridgehead atoms. The van der Waals surface area contributed by atoms with Gasteiger partial charge < -0.3 is 14.2 Å². The molecular formula is C65H110O6. The number of esters is 3. The number of carbonyl (C=O) groups is 3. The first-order valence-electron chi connectivity index (χ1n) is 29.7. The van der Waals surface area contributed by atoms with Crippen LogP contribution in [0, 0.1) is 0 Å². The maximum Gasteiger partial charge on any atom is 0.306 e. The number of allylic oxidation sites excluding steroid dienone is 16. The average Bonchev–Trinajstić information content (AvgIpc) is 3.37. The number of hydrogen-bond donors (Lipinski definition) is 0. The minimum absolute atomic E-state index is 0.109. The van der Waals surface area contributed by atoms with Crippen LogP contribution in [-0.2, 0) is 28.6 Å². The minimum Gasteiger partial charge on any atom is -0.462 e. The molecule has 0 rings (SSSR count). The molecule has 406 valence electrons. The molecule has 0 N–H and O–H groups in total. The van der Waals surface area contributed by atoms with Crippen molar-refractivity contribution in [2.75, 3.05) is 13.2 Å². The van der Waals surface area contributed by atoms with Gasteiger partial charge in [-0.05, 0) is 122 Å². The number of hydrogen-bond acceptors (Lipinski definition) is 6. The molecule has 6 nitrogen and oxygen atoms in total. The van der Waals surface area contributed by atoms with Crippen LogP contribution in [0.2, 0.25) is 0 Å². The molecule has 0 aliphatic rings. The highest BCUT2D eigenvalue weighted by atomic mass is 16.6. The van der Waals surface area contributed by atoms with Crippen molar-refractivity contribution in [1.29, 1.82) is 0 Å². The molecule has 0 aliphatic carbocycles. The molecule has 0 amide bonds. The minimum atomic E-state index is -0.818. The Morgan fingerprint density at radius 2 is 0.521 bits per heavy atom. The van der Waals surface area contributed by atoms with Gasteiger partial charge in [0, 0.05) is 19.3 Å². The van der Waals surface area contributed by atoms with Gasteiger partial charge in [-0.1, -0.05) is 234 Å². The van der Waals surface area contributed by atoms with Crippen LogP contribution >= 0.6 is 0 Å². The lowest BCUT2D eigenvalue weighted by atomic mass is 10.1. The molecule has 6 heteroatoms. The molecule has 0 spiro atoms. The summed E-state index contributed by atoms with van der Waals surface area (Å²) in [4.78, 5) is 38.2. The highest BCUT2D eigenvalue weighted by molar-refractivity contribution is 5.71. The highest BCUT2D eigenvalue weighted by Crippen LogP contribution is 2.14. The maximum atomic E-state index is 12.9. The Kier molecular flexibility index (Phi) is 55.9. The van der Waals surface area contributed by atoms with E-state index in [1.54, 1.807) is 0 Å². The molecule has 0 aliphatic heterocycles. The zero-order valence-corrected chi connectivity index (χ0v) is 46.5. The summed E-state index contributed by atoms with van der Waals surface area (Å²) in [6.45, 7) is 6.54. The average molecular weight is 988 g/mol. The quantitative estimate of drug-likeness (QED) is 0.0261. The van der Waals surface area contributed by atoms with Crippen LogP contribution in [0.25, 0.3) is 0 Å². The standard InChI is InChI=1S/C65H110O6/c1-4-7-10-13-16-19-22-25-28-31-32-35-38-41-44-47-50-53-56-59-65(68)71-62(60-69-63(66)57-54-51-48-45-42-39-36-33-29-26-23-20-17-14-11-8-5-2)61-70-64(67)58-55-52-49-46-43-40-37-34-30-27-24-21-18-15-12-9-6-3/h16,19,25-30,32,35-36,39,41,44-45,48,62H,4-15,17-18,20-24,31,33-34,37-38,40,42-43,46-47,49-61H2,1-3H3/b19-16-,28-25-,29-26-,30-27-,35-32-,39-36-,44-41-,48-45-/t62-/m1/s1. The summed E-state index contributed by atoms with van der Waals surface area (Å²) < 4.78 is 16.8. The Morgan fingerprint density at radius 3 is 0.901 bits per heavy atom. The normalized spacial score (nSPS) is 12.8. The third kappa shape index (κ3) is 57.1. The van der Waals surface area contributed by atoms with Gasteiger partial charge in [0.15, 0.2) is 6.10 Å². The Labute approximate surface area is 438 Å². The van der Waals surface area contributed by atoms with Crippen molar-refractivity contribution in [2.24, 2.45) is 0 Å². The molecule has 0 radical (unpaired) electrons. The molecule has 0 saturated heterocycles. The monoisotopic (exact) mass is 987 g/mol. The molecule has 0 saturated carbocycles. The predicted octanol–water partition coefficient (Wildman–Crippen LogP) is 20.1. The second-order valence-corrected chi connectivity index (χ2v) is 19.5. The van der Waals surface area contributed by atoms with Gasteiger partial charge in [-0.2, -0.15) is 0 Å². The summed E-state index contributed by atoms with van der Waals surface area (Å²) in [7, 11) is 0. The first kappa shape index (κ1) is 67.3. The van der Waals surface area contributed by atoms with Crippen molar-refractivity contribution in [1.82, 2.24) is 0 Å². The molecule has 0 heterocycles. The van der Waals surface area contributed by atoms with Gasteiger partial charge in [0.1, 0.15) is 13.2 Å². The fourth-order valence-electron chi connectivity index (χ4n) is 8.02. The first-order chi connectivity index (χ1) is 35.0. The fourth-order valence-corrected chi connectivity index (χ4v) is 8.02. The van der Waals surface area contributed by atoms with Crippen LogP contribution < -0.4 is 0 Å². The maximum absolute atomic E-state index is 12.9. The third-order valence-electron chi connectivity index (χ3n) is 12.5. The van der Waals surface area contributed by atoms with E-state index < -0.39 is 6.10 Å². The summed E-state index contributed by atoms with van der Waals surface area (Å²) in [6, 6.07) is 0. The molecule has 0 aromatic carbocycles. The van der Waals surface area contributed by atoms with Crippen molar-refractivity contribution in [3.63, 3.8) is 0 Å². The van der Waals surface area contributed by atoms with E-state index in [4.69, 9.17) is 14.2 Å². The molecule has 71 heavy (non-hydrogen) atoms. The van der Waals surface area contributed by atoms with Crippen LogP contribution in [0.15, 0.2) is 97.2 Å². The second kappa shape index (κ2) is 58.9. The van der Waals surface area contributed by atoms with Gasteiger partial charge >= 0.3 is 17.9 Å². The Hall–Kier alpha value is -3.67. The molecule has 0 fully saturated rings. The summed E-state index contributed by atoms with van der Waals surface area (Å²) in [5.74, 6) is -0.994. The topological polar surface area (TPSA) is 78.9 Å². The Morgan fingerprint density at radius 1 is 0.282 bits per heavy atom. The Bertz CT molecular complexity index is 1410. The molecule has 1 atom stereocenters. The van der Waals surface area contributed by atoms with Gasteiger partial charge in [0.2, 0.25) is 0 Å². The summed E-state index contributed by atoms with van der Waals surface area (Å²) in [5, 5.41) is 0. The second-order valence-electron chi connectivity index (χ2n) is 19.5. The van der Waals surface area contributed by atoms with Crippen molar-refractivity contribution >= 4 is 17.9 Å². The van der Waals surface area contributed by atoms with E-state index in [9.17, 15) is 14.4 Å². The van der Waals surface area contributed by atoms with Gasteiger partial charge in [0.05, 0.1) is 0 Å². The third-order valence-corrected chi connectivity index (χ3v) is 12.5. The fraction of sp³-hybridized carbons (Fsp3) is 0.708. The van der Waals surface area contributed by atoms with Gasteiger partial charge in [-0.3, -0.25) is 14.4 Å². The lowest BCUT2D eigenvalue weighted by Gasteiger charge is -2.18. The van der Waals surface area contributed by atoms with E-state index in [0.717, 1.165) is 83.5 Å². The number of rotatable bonds is 53. The van der Waals surface area contributed by atoms with Crippen molar-refractivity contribution in [3.8, 4) is 0 Å². The summed E-state index contributed by atoms with van der Waals surface area (Å²) in [6.07, 6.45) is 78.3. The van der Waals surface area contributed by atoms with Crippen LogP contribution in [0.1, 0.15) is 278 Å². The Balaban J connectivity index is 4.53. The zero-order valence-electron chi connectivity index (χ0n) is 46.5. The first-order valence-corrected chi connectivity index (χ1v) is 29.7. The SMILES string of the molecule is CCCCC/C=C\C/C=C\C/C=C\C/C=C\CCCCCC(=O)O[C@H](COC(=O)CCC/C=C\C/C=C\C/C=C\CCCCCCCC)COC(=O)CCCCCCCCC/C=C\CCCCCCCC. The van der Waals surface area contributed by atoms with Crippen LogP contribution in [-0.4, -0.2) is 37.2 Å². The van der Waals surface area contributed by atoms with Gasteiger partial charge in [0.25, 0.3) is 0 Å². The van der Waals surface area contributed by atoms with Crippen LogP contribution in [0.5, 0.6) is 0 Å². The van der Waals surface area contributed by atoms with Gasteiger partial charge in [-0.15, -0.1) is 0 Å². The smallest absolute Gasteiger partial charge is 0.306 e. The van der Waals surface area contributed by atoms with E-state index in [2.05, 4.69) is 118 Å². The van der Waals surface area contributed by atoms with E-state index in [-0.39, 0.29) is 44.0 Å². The lowest BCUT2D eigenvalue weighted by Crippen LogP contribution is -2.30. The largest absolute Gasteiger partial charge is 0.462 e. The number of unbranched alkanes of at least 4 members (excludes halogenated alkanes) is 26. The summed E-state index contributed by atoms with van der Waals surface area (Å²) in [5.41, 5.74) is 0. The molecule has 0 unspecified atom stereocenters. The van der Waals surface area contributed by atoms with E-state index in [0.29, 0.717) is 12.8 Å².